The standard InChI is InChI=1S/C21H13F2N5/c22-16-5-1-14(2-6-16)18-20(10-24,11-25)9-21(12-26,13-27)19(28-18)15-3-7-17(23)8-4-15/h1-8,18-19,28H,9H2. The summed E-state index contributed by atoms with van der Waals surface area (Å²) >= 11 is 0. The molecule has 0 aliphatic carbocycles. The highest BCUT2D eigenvalue weighted by molar-refractivity contribution is 5.40. The van der Waals surface area contributed by atoms with E-state index in [2.05, 4.69) is 5.32 Å². The van der Waals surface area contributed by atoms with E-state index in [1.165, 1.54) is 48.5 Å². The lowest BCUT2D eigenvalue weighted by molar-refractivity contribution is 0.136. The third-order valence-electron chi connectivity index (χ3n) is 5.08. The van der Waals surface area contributed by atoms with E-state index in [0.29, 0.717) is 11.1 Å². The molecule has 0 radical (unpaired) electrons. The first kappa shape index (κ1) is 19.0. The van der Waals surface area contributed by atoms with E-state index < -0.39 is 34.5 Å². The van der Waals surface area contributed by atoms with Crippen LogP contribution in [0, 0.1) is 67.8 Å². The summed E-state index contributed by atoms with van der Waals surface area (Å²) in [6.45, 7) is 0. The van der Waals surface area contributed by atoms with Gasteiger partial charge in [-0.2, -0.15) is 21.0 Å². The van der Waals surface area contributed by atoms with Crippen molar-refractivity contribution in [1.29, 1.82) is 21.0 Å². The van der Waals surface area contributed by atoms with Crippen LogP contribution in [0.15, 0.2) is 48.5 Å². The number of nitrogens with one attached hydrogen (secondary N) is 1. The summed E-state index contributed by atoms with van der Waals surface area (Å²) in [5.74, 6) is -0.949. The lowest BCUT2D eigenvalue weighted by atomic mass is 9.60. The average molecular weight is 373 g/mol. The van der Waals surface area contributed by atoms with Crippen LogP contribution in [0.1, 0.15) is 29.6 Å². The smallest absolute Gasteiger partial charge is 0.165 e. The molecule has 2 atom stereocenters. The molecule has 2 aromatic rings. The van der Waals surface area contributed by atoms with Gasteiger partial charge in [0.15, 0.2) is 10.8 Å². The fourth-order valence-electron chi connectivity index (χ4n) is 3.63. The molecule has 0 aromatic heterocycles. The number of halogens is 2. The molecular formula is C21H13F2N5. The van der Waals surface area contributed by atoms with Crippen LogP contribution in [0.4, 0.5) is 8.78 Å². The molecule has 2 aromatic carbocycles. The van der Waals surface area contributed by atoms with Crippen molar-refractivity contribution >= 4 is 0 Å². The molecule has 1 N–H and O–H groups in total. The van der Waals surface area contributed by atoms with Crippen molar-refractivity contribution in [3.63, 3.8) is 0 Å². The van der Waals surface area contributed by atoms with Crippen LogP contribution in [-0.4, -0.2) is 0 Å². The van der Waals surface area contributed by atoms with Gasteiger partial charge in [-0.1, -0.05) is 24.3 Å². The second-order valence-corrected chi connectivity index (χ2v) is 6.70. The van der Waals surface area contributed by atoms with Crippen LogP contribution in [0.3, 0.4) is 0 Å². The molecule has 136 valence electrons. The van der Waals surface area contributed by atoms with Gasteiger partial charge in [0, 0.05) is 6.42 Å². The number of rotatable bonds is 2. The highest BCUT2D eigenvalue weighted by Gasteiger charge is 2.58. The van der Waals surface area contributed by atoms with Crippen LogP contribution < -0.4 is 5.32 Å². The fourth-order valence-corrected chi connectivity index (χ4v) is 3.63. The SMILES string of the molecule is N#CC1(C#N)CC(C#N)(C#N)C(c2ccc(F)cc2)NC1c1ccc(F)cc1. The van der Waals surface area contributed by atoms with Crippen molar-refractivity contribution in [3.8, 4) is 24.3 Å². The van der Waals surface area contributed by atoms with E-state index in [4.69, 9.17) is 0 Å². The molecule has 1 heterocycles. The van der Waals surface area contributed by atoms with E-state index in [1.54, 1.807) is 0 Å². The summed E-state index contributed by atoms with van der Waals surface area (Å²) in [5.41, 5.74) is -2.50. The second kappa shape index (κ2) is 7.09. The highest BCUT2D eigenvalue weighted by Crippen LogP contribution is 2.53. The maximum Gasteiger partial charge on any atom is 0.165 e. The van der Waals surface area contributed by atoms with Crippen LogP contribution >= 0.6 is 0 Å². The summed E-state index contributed by atoms with van der Waals surface area (Å²) in [7, 11) is 0. The second-order valence-electron chi connectivity index (χ2n) is 6.70. The van der Waals surface area contributed by atoms with E-state index in [1.807, 2.05) is 24.3 Å². The minimum Gasteiger partial charge on any atom is -0.298 e. The van der Waals surface area contributed by atoms with Crippen LogP contribution in [0.2, 0.25) is 0 Å². The highest BCUT2D eigenvalue weighted by atomic mass is 19.1. The number of nitriles is 4. The number of piperidine rings is 1. The number of hydrogen-bond acceptors (Lipinski definition) is 5. The first-order chi connectivity index (χ1) is 13.4. The van der Waals surface area contributed by atoms with Gasteiger partial charge in [-0.3, -0.25) is 5.32 Å². The quantitative estimate of drug-likeness (QED) is 0.861. The Labute approximate surface area is 160 Å². The zero-order valence-electron chi connectivity index (χ0n) is 14.5. The van der Waals surface area contributed by atoms with Crippen LogP contribution in [0.5, 0.6) is 0 Å². The Morgan fingerprint density at radius 1 is 0.679 bits per heavy atom. The van der Waals surface area contributed by atoms with Crippen LogP contribution in [-0.2, 0) is 0 Å². The van der Waals surface area contributed by atoms with E-state index in [9.17, 15) is 29.8 Å². The molecule has 1 fully saturated rings. The summed E-state index contributed by atoms with van der Waals surface area (Å²) in [6, 6.07) is 16.7. The Hall–Kier alpha value is -3.78. The Morgan fingerprint density at radius 2 is 1.00 bits per heavy atom. The topological polar surface area (TPSA) is 107 Å². The zero-order valence-corrected chi connectivity index (χ0v) is 14.5. The van der Waals surface area contributed by atoms with Gasteiger partial charge in [0.2, 0.25) is 0 Å². The Bertz CT molecular complexity index is 935. The summed E-state index contributed by atoms with van der Waals surface area (Å²) in [6.07, 6.45) is -0.336. The number of hydrogen-bond donors (Lipinski definition) is 1. The van der Waals surface area contributed by atoms with E-state index >= 15 is 0 Å². The Morgan fingerprint density at radius 3 is 1.29 bits per heavy atom. The summed E-state index contributed by atoms with van der Waals surface area (Å²) < 4.78 is 26.7. The van der Waals surface area contributed by atoms with Crippen molar-refractivity contribution in [2.24, 2.45) is 10.8 Å². The lowest BCUT2D eigenvalue weighted by Crippen LogP contribution is -2.52. The predicted molar refractivity (Wildman–Crippen MR) is 93.4 cm³/mol. The van der Waals surface area contributed by atoms with Crippen molar-refractivity contribution in [1.82, 2.24) is 5.32 Å². The van der Waals surface area contributed by atoms with E-state index in [-0.39, 0.29) is 6.42 Å². The lowest BCUT2D eigenvalue weighted by Gasteiger charge is -2.45. The molecule has 7 heteroatoms. The van der Waals surface area contributed by atoms with Crippen LogP contribution in [0.25, 0.3) is 0 Å². The monoisotopic (exact) mass is 373 g/mol. The molecule has 1 aliphatic rings. The number of nitrogens with zero attached hydrogens (tertiary/aromatic N) is 4. The van der Waals surface area contributed by atoms with Crippen molar-refractivity contribution in [2.75, 3.05) is 0 Å². The molecule has 0 amide bonds. The molecule has 2 unspecified atom stereocenters. The predicted octanol–water partition coefficient (Wildman–Crippen LogP) is 3.81. The third-order valence-corrected chi connectivity index (χ3v) is 5.08. The van der Waals surface area contributed by atoms with Gasteiger partial charge >= 0.3 is 0 Å². The molecule has 5 nitrogen and oxygen atoms in total. The average Bonchev–Trinajstić information content (AvgIpc) is 2.74. The van der Waals surface area contributed by atoms with Crippen molar-refractivity contribution < 1.29 is 8.78 Å². The minimum absolute atomic E-state index is 0.336. The molecule has 0 bridgehead atoms. The zero-order chi connectivity index (χ0) is 20.4. The van der Waals surface area contributed by atoms with Gasteiger partial charge in [0.05, 0.1) is 36.4 Å². The molecule has 0 spiro atoms. The van der Waals surface area contributed by atoms with Crippen molar-refractivity contribution in [2.45, 2.75) is 18.5 Å². The summed E-state index contributed by atoms with van der Waals surface area (Å²) in [4.78, 5) is 0. The van der Waals surface area contributed by atoms with E-state index in [0.717, 1.165) is 0 Å². The van der Waals surface area contributed by atoms with Gasteiger partial charge in [0.1, 0.15) is 11.6 Å². The molecule has 1 aliphatic heterocycles. The minimum atomic E-state index is -1.72. The largest absolute Gasteiger partial charge is 0.298 e. The molecule has 3 rings (SSSR count). The maximum atomic E-state index is 13.3. The number of benzene rings is 2. The molecule has 0 saturated carbocycles. The maximum absolute atomic E-state index is 13.3. The molecule has 1 saturated heterocycles. The summed E-state index contributed by atoms with van der Waals surface area (Å²) in [5, 5.41) is 42.2. The Balaban J connectivity index is 2.18. The Kier molecular flexibility index (Phi) is 4.81. The van der Waals surface area contributed by atoms with Gasteiger partial charge in [-0.15, -0.1) is 0 Å². The first-order valence-electron chi connectivity index (χ1n) is 8.35. The normalized spacial score (nSPS) is 22.1. The fraction of sp³-hybridized carbons (Fsp3) is 0.238. The third kappa shape index (κ3) is 2.95. The van der Waals surface area contributed by atoms with Gasteiger partial charge in [0.25, 0.3) is 0 Å². The van der Waals surface area contributed by atoms with Crippen molar-refractivity contribution in [3.05, 3.63) is 71.3 Å². The van der Waals surface area contributed by atoms with Gasteiger partial charge in [-0.25, -0.2) is 8.78 Å². The van der Waals surface area contributed by atoms with Gasteiger partial charge in [-0.05, 0) is 35.4 Å². The van der Waals surface area contributed by atoms with Gasteiger partial charge < -0.3 is 0 Å². The first-order valence-corrected chi connectivity index (χ1v) is 8.35. The molecular weight excluding hydrogens is 360 g/mol. The molecule has 28 heavy (non-hydrogen) atoms.